The number of amides is 1. The van der Waals surface area contributed by atoms with Crippen molar-refractivity contribution < 1.29 is 9.21 Å². The van der Waals surface area contributed by atoms with Crippen LogP contribution in [0.1, 0.15) is 22.8 Å². The fourth-order valence-electron chi connectivity index (χ4n) is 1.63. The molecule has 1 N–H and O–H groups in total. The largest absolute Gasteiger partial charge is 0.462 e. The van der Waals surface area contributed by atoms with Gasteiger partial charge in [0, 0.05) is 12.3 Å². The van der Waals surface area contributed by atoms with Gasteiger partial charge in [-0.3, -0.25) is 9.78 Å². The molecule has 0 saturated carbocycles. The molecule has 0 spiro atoms. The number of aromatic nitrogens is 1. The first-order chi connectivity index (χ1) is 9.15. The van der Waals surface area contributed by atoms with Crippen LogP contribution in [-0.2, 0) is 11.3 Å². The minimum atomic E-state index is -0.167. The molecule has 2 heterocycles. The third kappa shape index (κ3) is 3.81. The summed E-state index contributed by atoms with van der Waals surface area (Å²) >= 11 is 0. The molecule has 4 heteroatoms. The topological polar surface area (TPSA) is 55.1 Å². The number of hydrogen-bond acceptors (Lipinski definition) is 3. The van der Waals surface area contributed by atoms with E-state index in [1.807, 2.05) is 38.1 Å². The maximum Gasteiger partial charge on any atom is 0.244 e. The summed E-state index contributed by atoms with van der Waals surface area (Å²) in [5, 5.41) is 2.79. The van der Waals surface area contributed by atoms with Crippen molar-refractivity contribution in [2.75, 3.05) is 0 Å². The summed E-state index contributed by atoms with van der Waals surface area (Å²) in [4.78, 5) is 15.9. The zero-order valence-electron chi connectivity index (χ0n) is 11.0. The van der Waals surface area contributed by atoms with Crippen molar-refractivity contribution in [1.29, 1.82) is 0 Å². The van der Waals surface area contributed by atoms with Gasteiger partial charge in [-0.2, -0.15) is 0 Å². The van der Waals surface area contributed by atoms with Crippen molar-refractivity contribution in [3.05, 3.63) is 59.3 Å². The Labute approximate surface area is 112 Å². The van der Waals surface area contributed by atoms with Crippen LogP contribution in [0.5, 0.6) is 0 Å². The Morgan fingerprint density at radius 1 is 1.37 bits per heavy atom. The summed E-state index contributed by atoms with van der Waals surface area (Å²) in [5.41, 5.74) is 1.94. The number of rotatable bonds is 4. The van der Waals surface area contributed by atoms with E-state index in [1.165, 1.54) is 6.08 Å². The maximum absolute atomic E-state index is 11.6. The van der Waals surface area contributed by atoms with Crippen LogP contribution in [0.15, 0.2) is 41.0 Å². The molecule has 0 radical (unpaired) electrons. The second-order valence-electron chi connectivity index (χ2n) is 4.27. The Morgan fingerprint density at radius 2 is 2.21 bits per heavy atom. The quantitative estimate of drug-likeness (QED) is 0.855. The first kappa shape index (κ1) is 13.1. The monoisotopic (exact) mass is 256 g/mol. The van der Waals surface area contributed by atoms with Gasteiger partial charge in [-0.25, -0.2) is 0 Å². The van der Waals surface area contributed by atoms with Gasteiger partial charge in [-0.05, 0) is 43.7 Å². The molecule has 0 bridgehead atoms. The number of carbonyl (C=O) groups is 1. The second-order valence-corrected chi connectivity index (χ2v) is 4.27. The summed E-state index contributed by atoms with van der Waals surface area (Å²) in [6.07, 6.45) is 4.82. The molecule has 2 aromatic heterocycles. The Bertz CT molecular complexity index is 600. The predicted octanol–water partition coefficient (Wildman–Crippen LogP) is 2.62. The molecule has 2 rings (SSSR count). The zero-order valence-corrected chi connectivity index (χ0v) is 11.0. The van der Waals surface area contributed by atoms with E-state index in [-0.39, 0.29) is 5.91 Å². The Hall–Kier alpha value is -2.36. The van der Waals surface area contributed by atoms with E-state index in [0.717, 1.165) is 17.0 Å². The first-order valence-electron chi connectivity index (χ1n) is 6.08. The molecule has 0 fully saturated rings. The van der Waals surface area contributed by atoms with E-state index >= 15 is 0 Å². The van der Waals surface area contributed by atoms with Crippen molar-refractivity contribution in [2.45, 2.75) is 20.4 Å². The highest BCUT2D eigenvalue weighted by Gasteiger charge is 2.01. The molecular weight excluding hydrogens is 240 g/mol. The van der Waals surface area contributed by atoms with Gasteiger partial charge < -0.3 is 9.73 Å². The molecule has 4 nitrogen and oxygen atoms in total. The highest BCUT2D eigenvalue weighted by molar-refractivity contribution is 5.91. The lowest BCUT2D eigenvalue weighted by molar-refractivity contribution is -0.116. The van der Waals surface area contributed by atoms with E-state index in [4.69, 9.17) is 4.42 Å². The van der Waals surface area contributed by atoms with E-state index in [9.17, 15) is 4.79 Å². The molecule has 0 unspecified atom stereocenters. The van der Waals surface area contributed by atoms with Crippen LogP contribution >= 0.6 is 0 Å². The molecule has 0 aliphatic carbocycles. The number of hydrogen-bond donors (Lipinski definition) is 1. The number of aryl methyl sites for hydroxylation is 2. The standard InChI is InChI=1S/C15H16N2O2/c1-11-4-3-9-16-14(11)10-17-15(18)8-7-13-6-5-12(2)19-13/h3-9H,10H2,1-2H3,(H,17,18). The van der Waals surface area contributed by atoms with E-state index < -0.39 is 0 Å². The predicted molar refractivity (Wildman–Crippen MR) is 73.3 cm³/mol. The van der Waals surface area contributed by atoms with Gasteiger partial charge in [-0.15, -0.1) is 0 Å². The van der Waals surface area contributed by atoms with E-state index in [1.54, 1.807) is 12.3 Å². The third-order valence-corrected chi connectivity index (χ3v) is 2.71. The lowest BCUT2D eigenvalue weighted by Crippen LogP contribution is -2.21. The van der Waals surface area contributed by atoms with Crippen molar-refractivity contribution >= 4 is 12.0 Å². The van der Waals surface area contributed by atoms with Gasteiger partial charge >= 0.3 is 0 Å². The van der Waals surface area contributed by atoms with Crippen molar-refractivity contribution in [2.24, 2.45) is 0 Å². The normalized spacial score (nSPS) is 10.8. The van der Waals surface area contributed by atoms with Crippen LogP contribution in [0.4, 0.5) is 0 Å². The molecule has 2 aromatic rings. The molecule has 19 heavy (non-hydrogen) atoms. The van der Waals surface area contributed by atoms with E-state index in [2.05, 4.69) is 10.3 Å². The number of carbonyl (C=O) groups excluding carboxylic acids is 1. The molecule has 0 aliphatic rings. The van der Waals surface area contributed by atoms with E-state index in [0.29, 0.717) is 12.3 Å². The SMILES string of the molecule is Cc1ccc(C=CC(=O)NCc2ncccc2C)o1. The summed E-state index contributed by atoms with van der Waals surface area (Å²) in [6, 6.07) is 7.52. The number of pyridine rings is 1. The van der Waals surface area contributed by atoms with Gasteiger partial charge in [0.05, 0.1) is 12.2 Å². The third-order valence-electron chi connectivity index (χ3n) is 2.71. The molecule has 0 aliphatic heterocycles. The molecule has 98 valence electrons. The maximum atomic E-state index is 11.6. The minimum Gasteiger partial charge on any atom is -0.462 e. The van der Waals surface area contributed by atoms with Crippen LogP contribution in [0.2, 0.25) is 0 Å². The highest BCUT2D eigenvalue weighted by Crippen LogP contribution is 2.07. The minimum absolute atomic E-state index is 0.167. The van der Waals surface area contributed by atoms with Crippen molar-refractivity contribution in [3.63, 3.8) is 0 Å². The molecule has 1 amide bonds. The Morgan fingerprint density at radius 3 is 2.89 bits per heavy atom. The van der Waals surface area contributed by atoms with Gasteiger partial charge in [0.2, 0.25) is 5.91 Å². The molecule has 0 saturated heterocycles. The van der Waals surface area contributed by atoms with Gasteiger partial charge in [-0.1, -0.05) is 6.07 Å². The molecule has 0 atom stereocenters. The highest BCUT2D eigenvalue weighted by atomic mass is 16.3. The smallest absolute Gasteiger partial charge is 0.244 e. The van der Waals surface area contributed by atoms with Gasteiger partial charge in [0.1, 0.15) is 11.5 Å². The first-order valence-corrected chi connectivity index (χ1v) is 6.08. The lowest BCUT2D eigenvalue weighted by Gasteiger charge is -2.04. The number of nitrogens with zero attached hydrogens (tertiary/aromatic N) is 1. The van der Waals surface area contributed by atoms with Gasteiger partial charge in [0.25, 0.3) is 0 Å². The average molecular weight is 256 g/mol. The summed E-state index contributed by atoms with van der Waals surface area (Å²) in [7, 11) is 0. The van der Waals surface area contributed by atoms with Crippen LogP contribution in [-0.4, -0.2) is 10.9 Å². The van der Waals surface area contributed by atoms with Crippen molar-refractivity contribution in [3.8, 4) is 0 Å². The Kier molecular flexibility index (Phi) is 4.13. The summed E-state index contributed by atoms with van der Waals surface area (Å²) in [6.45, 7) is 4.25. The van der Waals surface area contributed by atoms with Gasteiger partial charge in [0.15, 0.2) is 0 Å². The van der Waals surface area contributed by atoms with Crippen molar-refractivity contribution in [1.82, 2.24) is 10.3 Å². The fourth-order valence-corrected chi connectivity index (χ4v) is 1.63. The molecule has 0 aromatic carbocycles. The Balaban J connectivity index is 1.88. The van der Waals surface area contributed by atoms with Crippen LogP contribution in [0.3, 0.4) is 0 Å². The fraction of sp³-hybridized carbons (Fsp3) is 0.200. The number of nitrogens with one attached hydrogen (secondary N) is 1. The molecular formula is C15H16N2O2. The average Bonchev–Trinajstić information content (AvgIpc) is 2.81. The zero-order chi connectivity index (χ0) is 13.7. The lowest BCUT2D eigenvalue weighted by atomic mass is 10.2. The summed E-state index contributed by atoms with van der Waals surface area (Å²) in [5.74, 6) is 1.32. The van der Waals surface area contributed by atoms with Crippen LogP contribution < -0.4 is 5.32 Å². The second kappa shape index (κ2) is 6.00. The summed E-state index contributed by atoms with van der Waals surface area (Å²) < 4.78 is 5.34. The van der Waals surface area contributed by atoms with Crippen LogP contribution in [0.25, 0.3) is 6.08 Å². The number of furan rings is 1. The van der Waals surface area contributed by atoms with Crippen LogP contribution in [0, 0.1) is 13.8 Å².